The van der Waals surface area contributed by atoms with Gasteiger partial charge in [0.15, 0.2) is 0 Å². The maximum Gasteiger partial charge on any atom is 0.234 e. The van der Waals surface area contributed by atoms with E-state index >= 15 is 0 Å². The van der Waals surface area contributed by atoms with Crippen LogP contribution in [0.2, 0.25) is 0 Å². The van der Waals surface area contributed by atoms with Crippen molar-refractivity contribution in [2.45, 2.75) is 32.4 Å². The molecule has 0 aliphatic heterocycles. The highest BCUT2D eigenvalue weighted by atomic mass is 19.1. The van der Waals surface area contributed by atoms with E-state index in [-0.39, 0.29) is 30.9 Å². The quantitative estimate of drug-likeness (QED) is 0.831. The summed E-state index contributed by atoms with van der Waals surface area (Å²) in [7, 11) is 1.86. The van der Waals surface area contributed by atoms with Crippen LogP contribution in [0.1, 0.15) is 26.3 Å². The number of aliphatic hydroxyl groups is 1. The Bertz CT molecular complexity index is 444. The van der Waals surface area contributed by atoms with Crippen LogP contribution in [0.25, 0.3) is 0 Å². The first-order chi connectivity index (χ1) is 9.22. The van der Waals surface area contributed by atoms with E-state index in [1.54, 1.807) is 6.92 Å². The van der Waals surface area contributed by atoms with Crippen LogP contribution >= 0.6 is 0 Å². The van der Waals surface area contributed by atoms with Gasteiger partial charge in [-0.15, -0.1) is 0 Å². The lowest BCUT2D eigenvalue weighted by Gasteiger charge is -2.26. The van der Waals surface area contributed by atoms with E-state index in [1.807, 2.05) is 25.8 Å². The first-order valence-electron chi connectivity index (χ1n) is 6.68. The molecule has 0 radical (unpaired) electrons. The standard InChI is InChI=1S/C15H23FN2O2/c1-11(2)18(4)9-14(19)17-10-15(3,20)12-5-7-13(16)8-6-12/h5-8,11,20H,9-10H2,1-4H3,(H,17,19). The van der Waals surface area contributed by atoms with Crippen molar-refractivity contribution in [2.24, 2.45) is 0 Å². The van der Waals surface area contributed by atoms with Gasteiger partial charge in [-0.1, -0.05) is 12.1 Å². The highest BCUT2D eigenvalue weighted by molar-refractivity contribution is 5.78. The van der Waals surface area contributed by atoms with Crippen molar-refractivity contribution in [3.63, 3.8) is 0 Å². The Hall–Kier alpha value is -1.46. The highest BCUT2D eigenvalue weighted by Gasteiger charge is 2.24. The summed E-state index contributed by atoms with van der Waals surface area (Å²) in [6.45, 7) is 5.96. The van der Waals surface area contributed by atoms with Crippen LogP contribution in [0, 0.1) is 5.82 Å². The summed E-state index contributed by atoms with van der Waals surface area (Å²) in [5, 5.41) is 13.0. The minimum Gasteiger partial charge on any atom is -0.384 e. The predicted octanol–water partition coefficient (Wildman–Crippen LogP) is 1.49. The third-order valence-electron chi connectivity index (χ3n) is 3.37. The number of nitrogens with one attached hydrogen (secondary N) is 1. The zero-order valence-corrected chi connectivity index (χ0v) is 12.5. The molecule has 1 aromatic carbocycles. The Labute approximate surface area is 119 Å². The van der Waals surface area contributed by atoms with Crippen LogP contribution in [-0.2, 0) is 10.4 Å². The number of benzene rings is 1. The number of rotatable bonds is 6. The second kappa shape index (κ2) is 6.81. The highest BCUT2D eigenvalue weighted by Crippen LogP contribution is 2.19. The molecule has 0 saturated heterocycles. The third-order valence-corrected chi connectivity index (χ3v) is 3.37. The third kappa shape index (κ3) is 4.90. The average Bonchev–Trinajstić information content (AvgIpc) is 2.37. The lowest BCUT2D eigenvalue weighted by molar-refractivity contribution is -0.123. The lowest BCUT2D eigenvalue weighted by atomic mass is 9.96. The topological polar surface area (TPSA) is 52.6 Å². The van der Waals surface area contributed by atoms with Crippen LogP contribution in [-0.4, -0.2) is 42.1 Å². The molecule has 1 unspecified atom stereocenters. The number of carbonyl (C=O) groups excluding carboxylic acids is 1. The molecule has 0 spiro atoms. The molecule has 0 fully saturated rings. The van der Waals surface area contributed by atoms with Gasteiger partial charge >= 0.3 is 0 Å². The summed E-state index contributed by atoms with van der Waals surface area (Å²) in [6.07, 6.45) is 0. The van der Waals surface area contributed by atoms with E-state index in [4.69, 9.17) is 0 Å². The van der Waals surface area contributed by atoms with Crippen LogP contribution in [0.3, 0.4) is 0 Å². The second-order valence-corrected chi connectivity index (χ2v) is 5.57. The fourth-order valence-electron chi connectivity index (χ4n) is 1.65. The molecule has 0 bridgehead atoms. The summed E-state index contributed by atoms with van der Waals surface area (Å²) in [4.78, 5) is 13.7. The van der Waals surface area contributed by atoms with Gasteiger partial charge in [0, 0.05) is 6.04 Å². The molecule has 1 rings (SSSR count). The van der Waals surface area contributed by atoms with E-state index in [2.05, 4.69) is 5.32 Å². The molecule has 2 N–H and O–H groups in total. The van der Waals surface area contributed by atoms with E-state index in [1.165, 1.54) is 24.3 Å². The maximum atomic E-state index is 12.9. The predicted molar refractivity (Wildman–Crippen MR) is 76.7 cm³/mol. The van der Waals surface area contributed by atoms with E-state index in [0.29, 0.717) is 5.56 Å². The van der Waals surface area contributed by atoms with Crippen molar-refractivity contribution < 1.29 is 14.3 Å². The van der Waals surface area contributed by atoms with Gasteiger partial charge in [0.2, 0.25) is 5.91 Å². The fourth-order valence-corrected chi connectivity index (χ4v) is 1.65. The SMILES string of the molecule is CC(C)N(C)CC(=O)NCC(C)(O)c1ccc(F)cc1. The fraction of sp³-hybridized carbons (Fsp3) is 0.533. The van der Waals surface area contributed by atoms with Gasteiger partial charge in [-0.2, -0.15) is 0 Å². The summed E-state index contributed by atoms with van der Waals surface area (Å²) in [5.74, 6) is -0.504. The first-order valence-corrected chi connectivity index (χ1v) is 6.68. The molecule has 1 aromatic rings. The first kappa shape index (κ1) is 16.6. The van der Waals surface area contributed by atoms with Crippen molar-refractivity contribution >= 4 is 5.91 Å². The summed E-state index contributed by atoms with van der Waals surface area (Å²) >= 11 is 0. The maximum absolute atomic E-state index is 12.9. The Morgan fingerprint density at radius 3 is 2.45 bits per heavy atom. The minimum atomic E-state index is -1.22. The number of nitrogens with zero attached hydrogens (tertiary/aromatic N) is 1. The van der Waals surface area contributed by atoms with Crippen molar-refractivity contribution in [2.75, 3.05) is 20.1 Å². The molecule has 0 aromatic heterocycles. The molecular weight excluding hydrogens is 259 g/mol. The molecule has 5 heteroatoms. The largest absolute Gasteiger partial charge is 0.384 e. The molecule has 0 aliphatic carbocycles. The number of halogens is 1. The van der Waals surface area contributed by atoms with Gasteiger partial charge in [-0.3, -0.25) is 9.69 Å². The van der Waals surface area contributed by atoms with Crippen molar-refractivity contribution in [1.82, 2.24) is 10.2 Å². The molecule has 112 valence electrons. The molecule has 20 heavy (non-hydrogen) atoms. The molecule has 0 heterocycles. The van der Waals surface area contributed by atoms with Crippen molar-refractivity contribution in [3.8, 4) is 0 Å². The van der Waals surface area contributed by atoms with Gasteiger partial charge in [0.05, 0.1) is 13.1 Å². The molecule has 1 amide bonds. The van der Waals surface area contributed by atoms with Gasteiger partial charge in [-0.25, -0.2) is 4.39 Å². The van der Waals surface area contributed by atoms with E-state index in [9.17, 15) is 14.3 Å². The number of likely N-dealkylation sites (N-methyl/N-ethyl adjacent to an activating group) is 1. The van der Waals surface area contributed by atoms with E-state index < -0.39 is 5.60 Å². The van der Waals surface area contributed by atoms with Crippen LogP contribution < -0.4 is 5.32 Å². The van der Waals surface area contributed by atoms with Crippen molar-refractivity contribution in [3.05, 3.63) is 35.6 Å². The number of hydrogen-bond donors (Lipinski definition) is 2. The molecule has 1 atom stereocenters. The molecule has 4 nitrogen and oxygen atoms in total. The van der Waals surface area contributed by atoms with Gasteiger partial charge in [-0.05, 0) is 45.5 Å². The number of hydrogen-bond acceptors (Lipinski definition) is 3. The Kier molecular flexibility index (Phi) is 5.65. The lowest BCUT2D eigenvalue weighted by Crippen LogP contribution is -2.43. The Morgan fingerprint density at radius 2 is 1.95 bits per heavy atom. The minimum absolute atomic E-state index is 0.0867. The monoisotopic (exact) mass is 282 g/mol. The van der Waals surface area contributed by atoms with Gasteiger partial charge < -0.3 is 10.4 Å². The van der Waals surface area contributed by atoms with Crippen LogP contribution in [0.5, 0.6) is 0 Å². The average molecular weight is 282 g/mol. The summed E-state index contributed by atoms with van der Waals surface area (Å²) in [5.41, 5.74) is -0.656. The van der Waals surface area contributed by atoms with Gasteiger partial charge in [0.1, 0.15) is 11.4 Å². The smallest absolute Gasteiger partial charge is 0.234 e. The second-order valence-electron chi connectivity index (χ2n) is 5.57. The zero-order valence-electron chi connectivity index (χ0n) is 12.5. The Balaban J connectivity index is 2.55. The van der Waals surface area contributed by atoms with Crippen LogP contribution in [0.4, 0.5) is 4.39 Å². The van der Waals surface area contributed by atoms with Crippen molar-refractivity contribution in [1.29, 1.82) is 0 Å². The normalized spacial score (nSPS) is 14.4. The van der Waals surface area contributed by atoms with E-state index in [0.717, 1.165) is 0 Å². The van der Waals surface area contributed by atoms with Crippen LogP contribution in [0.15, 0.2) is 24.3 Å². The summed E-state index contributed by atoms with van der Waals surface area (Å²) < 4.78 is 12.9. The molecule has 0 aliphatic rings. The number of amides is 1. The Morgan fingerprint density at radius 1 is 1.40 bits per heavy atom. The van der Waals surface area contributed by atoms with Gasteiger partial charge in [0.25, 0.3) is 0 Å². The summed E-state index contributed by atoms with van der Waals surface area (Å²) in [6, 6.07) is 5.89. The zero-order chi connectivity index (χ0) is 15.3. The molecular formula is C15H23FN2O2. The number of carbonyl (C=O) groups is 1. The molecule has 0 saturated carbocycles.